The molecule has 0 aliphatic heterocycles. The first-order valence-electron chi connectivity index (χ1n) is 7.76. The Hall–Kier alpha value is -2.01. The Kier molecular flexibility index (Phi) is 5.22. The van der Waals surface area contributed by atoms with Crippen molar-refractivity contribution in [1.29, 1.82) is 5.26 Å². The van der Waals surface area contributed by atoms with Crippen LogP contribution in [-0.4, -0.2) is 6.61 Å². The molecule has 2 aromatic rings. The van der Waals surface area contributed by atoms with Crippen molar-refractivity contribution < 1.29 is 4.74 Å². The second kappa shape index (κ2) is 7.13. The Morgan fingerprint density at radius 1 is 1.05 bits per heavy atom. The molecule has 2 rings (SSSR count). The van der Waals surface area contributed by atoms with E-state index in [9.17, 15) is 5.26 Å². The molecule has 0 amide bonds. The van der Waals surface area contributed by atoms with Gasteiger partial charge in [-0.05, 0) is 48.6 Å². The van der Waals surface area contributed by atoms with Crippen molar-refractivity contribution in [1.82, 2.24) is 0 Å². The summed E-state index contributed by atoms with van der Waals surface area (Å²) < 4.78 is 5.83. The molecule has 110 valence electrons. The Morgan fingerprint density at radius 3 is 2.43 bits per heavy atom. The number of fused-ring (bicyclic) bond motifs is 1. The van der Waals surface area contributed by atoms with Crippen molar-refractivity contribution in [3.63, 3.8) is 0 Å². The van der Waals surface area contributed by atoms with Crippen LogP contribution in [0.25, 0.3) is 10.8 Å². The summed E-state index contributed by atoms with van der Waals surface area (Å²) in [5, 5.41) is 11.7. The molecule has 0 bridgehead atoms. The number of hydrogen-bond donors (Lipinski definition) is 0. The largest absolute Gasteiger partial charge is 0.494 e. The standard InChI is InChI=1S/C19H23NO/c1-3-19(4-2,15-20)12-7-13-21-18-11-10-16-8-5-6-9-17(16)14-18/h5-6,8-11,14H,3-4,7,12-13H2,1-2H3. The molecule has 0 heterocycles. The number of nitriles is 1. The first kappa shape index (κ1) is 15.4. The van der Waals surface area contributed by atoms with Gasteiger partial charge in [0.1, 0.15) is 5.75 Å². The maximum absolute atomic E-state index is 9.32. The van der Waals surface area contributed by atoms with Gasteiger partial charge >= 0.3 is 0 Å². The summed E-state index contributed by atoms with van der Waals surface area (Å²) >= 11 is 0. The van der Waals surface area contributed by atoms with Gasteiger partial charge in [-0.1, -0.05) is 44.2 Å². The highest BCUT2D eigenvalue weighted by atomic mass is 16.5. The fourth-order valence-corrected chi connectivity index (χ4v) is 2.68. The molecule has 21 heavy (non-hydrogen) atoms. The monoisotopic (exact) mass is 281 g/mol. The molecule has 0 spiro atoms. The second-order valence-electron chi connectivity index (χ2n) is 5.56. The molecule has 0 saturated carbocycles. The molecule has 2 aromatic carbocycles. The summed E-state index contributed by atoms with van der Waals surface area (Å²) in [6, 6.07) is 16.9. The predicted molar refractivity (Wildman–Crippen MR) is 87.3 cm³/mol. The van der Waals surface area contributed by atoms with Gasteiger partial charge in [-0.3, -0.25) is 0 Å². The SMILES string of the molecule is CCC(C#N)(CC)CCCOc1ccc2ccccc2c1. The van der Waals surface area contributed by atoms with E-state index in [4.69, 9.17) is 4.74 Å². The van der Waals surface area contributed by atoms with Gasteiger partial charge in [0.05, 0.1) is 18.1 Å². The van der Waals surface area contributed by atoms with E-state index < -0.39 is 0 Å². The summed E-state index contributed by atoms with van der Waals surface area (Å²) in [6.45, 7) is 4.86. The van der Waals surface area contributed by atoms with E-state index in [0.717, 1.165) is 31.4 Å². The molecule has 0 aliphatic carbocycles. The minimum Gasteiger partial charge on any atom is -0.494 e. The third-order valence-electron chi connectivity index (χ3n) is 4.38. The van der Waals surface area contributed by atoms with Crippen molar-refractivity contribution in [2.75, 3.05) is 6.61 Å². The van der Waals surface area contributed by atoms with Gasteiger partial charge in [0.15, 0.2) is 0 Å². The van der Waals surface area contributed by atoms with Gasteiger partial charge in [-0.2, -0.15) is 5.26 Å². The van der Waals surface area contributed by atoms with E-state index in [0.29, 0.717) is 6.61 Å². The zero-order valence-electron chi connectivity index (χ0n) is 12.9. The first-order valence-corrected chi connectivity index (χ1v) is 7.76. The van der Waals surface area contributed by atoms with Gasteiger partial charge in [0, 0.05) is 0 Å². The summed E-state index contributed by atoms with van der Waals surface area (Å²) in [4.78, 5) is 0. The lowest BCUT2D eigenvalue weighted by atomic mass is 9.80. The van der Waals surface area contributed by atoms with E-state index >= 15 is 0 Å². The van der Waals surface area contributed by atoms with Gasteiger partial charge in [-0.15, -0.1) is 0 Å². The summed E-state index contributed by atoms with van der Waals surface area (Å²) in [5.41, 5.74) is -0.174. The lowest BCUT2D eigenvalue weighted by Gasteiger charge is -2.23. The third kappa shape index (κ3) is 3.76. The molecule has 0 N–H and O–H groups in total. The normalized spacial score (nSPS) is 11.3. The van der Waals surface area contributed by atoms with Crippen LogP contribution in [0.15, 0.2) is 42.5 Å². The minimum absolute atomic E-state index is 0.174. The molecule has 0 saturated heterocycles. The third-order valence-corrected chi connectivity index (χ3v) is 4.38. The van der Waals surface area contributed by atoms with Gasteiger partial charge in [0.2, 0.25) is 0 Å². The molecule has 2 nitrogen and oxygen atoms in total. The van der Waals surface area contributed by atoms with Crippen LogP contribution in [0.3, 0.4) is 0 Å². The highest BCUT2D eigenvalue weighted by Gasteiger charge is 2.24. The maximum atomic E-state index is 9.32. The van der Waals surface area contributed by atoms with Crippen molar-refractivity contribution in [3.05, 3.63) is 42.5 Å². The lowest BCUT2D eigenvalue weighted by molar-refractivity contribution is 0.259. The van der Waals surface area contributed by atoms with Crippen molar-refractivity contribution >= 4 is 10.8 Å². The lowest BCUT2D eigenvalue weighted by Crippen LogP contribution is -2.17. The molecular formula is C19H23NO. The van der Waals surface area contributed by atoms with E-state index in [1.54, 1.807) is 0 Å². The zero-order valence-corrected chi connectivity index (χ0v) is 12.9. The molecular weight excluding hydrogens is 258 g/mol. The minimum atomic E-state index is -0.174. The molecule has 2 heteroatoms. The topological polar surface area (TPSA) is 33.0 Å². The van der Waals surface area contributed by atoms with Crippen molar-refractivity contribution in [2.45, 2.75) is 39.5 Å². The number of nitrogens with zero attached hydrogens (tertiary/aromatic N) is 1. The smallest absolute Gasteiger partial charge is 0.119 e. The van der Waals surface area contributed by atoms with Gasteiger partial charge < -0.3 is 4.74 Å². The summed E-state index contributed by atoms with van der Waals surface area (Å²) in [5.74, 6) is 0.907. The average Bonchev–Trinajstić information content (AvgIpc) is 2.55. The van der Waals surface area contributed by atoms with Crippen molar-refractivity contribution in [3.8, 4) is 11.8 Å². The van der Waals surface area contributed by atoms with E-state index in [1.165, 1.54) is 10.8 Å². The van der Waals surface area contributed by atoms with Crippen LogP contribution < -0.4 is 4.74 Å². The molecule has 0 atom stereocenters. The van der Waals surface area contributed by atoms with Crippen LogP contribution >= 0.6 is 0 Å². The number of rotatable bonds is 7. The maximum Gasteiger partial charge on any atom is 0.119 e. The Morgan fingerprint density at radius 2 is 1.76 bits per heavy atom. The van der Waals surface area contributed by atoms with E-state index in [1.807, 2.05) is 18.2 Å². The molecule has 0 aromatic heterocycles. The Balaban J connectivity index is 1.89. The van der Waals surface area contributed by atoms with E-state index in [-0.39, 0.29) is 5.41 Å². The summed E-state index contributed by atoms with van der Waals surface area (Å²) in [7, 11) is 0. The molecule has 0 fully saturated rings. The number of hydrogen-bond acceptors (Lipinski definition) is 2. The first-order chi connectivity index (χ1) is 10.2. The fourth-order valence-electron chi connectivity index (χ4n) is 2.68. The predicted octanol–water partition coefficient (Wildman–Crippen LogP) is 5.33. The average molecular weight is 281 g/mol. The van der Waals surface area contributed by atoms with Crippen LogP contribution in [-0.2, 0) is 0 Å². The number of benzene rings is 2. The quantitative estimate of drug-likeness (QED) is 0.643. The van der Waals surface area contributed by atoms with Crippen molar-refractivity contribution in [2.24, 2.45) is 5.41 Å². The molecule has 0 unspecified atom stereocenters. The Labute approximate surface area is 127 Å². The van der Waals surface area contributed by atoms with Crippen LogP contribution in [0.4, 0.5) is 0 Å². The van der Waals surface area contributed by atoms with Crippen LogP contribution in [0.1, 0.15) is 39.5 Å². The highest BCUT2D eigenvalue weighted by Crippen LogP contribution is 2.31. The second-order valence-corrected chi connectivity index (χ2v) is 5.56. The fraction of sp³-hybridized carbons (Fsp3) is 0.421. The Bertz CT molecular complexity index is 623. The number of ether oxygens (including phenoxy) is 1. The van der Waals surface area contributed by atoms with Crippen LogP contribution in [0, 0.1) is 16.7 Å². The van der Waals surface area contributed by atoms with Gasteiger partial charge in [0.25, 0.3) is 0 Å². The van der Waals surface area contributed by atoms with Crippen LogP contribution in [0.2, 0.25) is 0 Å². The van der Waals surface area contributed by atoms with Crippen LogP contribution in [0.5, 0.6) is 5.75 Å². The highest BCUT2D eigenvalue weighted by molar-refractivity contribution is 5.83. The molecule has 0 aliphatic rings. The van der Waals surface area contributed by atoms with E-state index in [2.05, 4.69) is 44.2 Å². The zero-order chi connectivity index (χ0) is 15.1. The summed E-state index contributed by atoms with van der Waals surface area (Å²) in [6.07, 6.45) is 3.65. The van der Waals surface area contributed by atoms with Gasteiger partial charge in [-0.25, -0.2) is 0 Å². The molecule has 0 radical (unpaired) electrons.